The molecule has 0 bridgehead atoms. The van der Waals surface area contributed by atoms with Crippen molar-refractivity contribution in [3.63, 3.8) is 0 Å². The molecule has 0 radical (unpaired) electrons. The molecule has 5 nitrogen and oxygen atoms in total. The van der Waals surface area contributed by atoms with Crippen molar-refractivity contribution in [2.24, 2.45) is 0 Å². The summed E-state index contributed by atoms with van der Waals surface area (Å²) in [5, 5.41) is 40.6. The van der Waals surface area contributed by atoms with Crippen LogP contribution < -0.4 is 0 Å². The number of aromatic hydroxyl groups is 4. The first kappa shape index (κ1) is 17.2. The van der Waals surface area contributed by atoms with E-state index in [1.807, 2.05) is 0 Å². The molecule has 0 aromatic heterocycles. The normalized spacial score (nSPS) is 15.8. The molecule has 0 spiro atoms. The van der Waals surface area contributed by atoms with Crippen LogP contribution in [0.3, 0.4) is 0 Å². The van der Waals surface area contributed by atoms with Gasteiger partial charge in [-0.15, -0.1) is 0 Å². The van der Waals surface area contributed by atoms with E-state index in [-0.39, 0.29) is 23.0 Å². The van der Waals surface area contributed by atoms with Gasteiger partial charge in [-0.25, -0.2) is 0 Å². The highest BCUT2D eigenvalue weighted by Gasteiger charge is 2.22. The molecule has 0 saturated carbocycles. The van der Waals surface area contributed by atoms with Gasteiger partial charge in [-0.3, -0.25) is 0 Å². The third-order valence-corrected chi connectivity index (χ3v) is 4.26. The molecule has 5 heteroatoms. The van der Waals surface area contributed by atoms with Crippen LogP contribution in [0.5, 0.6) is 23.0 Å². The predicted molar refractivity (Wildman–Crippen MR) is 101 cm³/mol. The van der Waals surface area contributed by atoms with E-state index in [0.29, 0.717) is 27.8 Å². The third-order valence-electron chi connectivity index (χ3n) is 4.26. The highest BCUT2D eigenvalue weighted by atomic mass is 16.5. The van der Waals surface area contributed by atoms with Crippen molar-refractivity contribution in [3.8, 4) is 23.0 Å². The first-order valence-corrected chi connectivity index (χ1v) is 7.86. The monoisotopic (exact) mass is 350 g/mol. The molecular weight excluding hydrogens is 332 g/mol. The van der Waals surface area contributed by atoms with Gasteiger partial charge >= 0.3 is 0 Å². The number of rotatable bonds is 4. The molecule has 1 atom stereocenters. The SMILES string of the molecule is C=Cc1ccc(C2=CC(c3ccc(C=C)c(O)c3O)OC=C2)c(O)c1O. The van der Waals surface area contributed by atoms with Crippen molar-refractivity contribution in [3.05, 3.63) is 78.1 Å². The Morgan fingerprint density at radius 3 is 2.08 bits per heavy atom. The summed E-state index contributed by atoms with van der Waals surface area (Å²) in [5.74, 6) is -1.10. The second-order valence-electron chi connectivity index (χ2n) is 5.73. The number of phenolic OH excluding ortho intramolecular Hbond substituents is 4. The van der Waals surface area contributed by atoms with E-state index in [1.54, 1.807) is 36.4 Å². The summed E-state index contributed by atoms with van der Waals surface area (Å²) in [5.41, 5.74) is 2.19. The van der Waals surface area contributed by atoms with E-state index in [4.69, 9.17) is 4.74 Å². The highest BCUT2D eigenvalue weighted by Crippen LogP contribution is 2.43. The highest BCUT2D eigenvalue weighted by molar-refractivity contribution is 5.82. The summed E-state index contributed by atoms with van der Waals surface area (Å²) < 4.78 is 5.53. The van der Waals surface area contributed by atoms with E-state index in [9.17, 15) is 20.4 Å². The molecule has 3 rings (SSSR count). The molecule has 1 aliphatic heterocycles. The number of hydrogen-bond acceptors (Lipinski definition) is 5. The van der Waals surface area contributed by atoms with Crippen LogP contribution in [0.1, 0.15) is 28.4 Å². The Morgan fingerprint density at radius 2 is 1.42 bits per heavy atom. The Labute approximate surface area is 150 Å². The molecule has 2 aromatic carbocycles. The standard InChI is InChI=1S/C21H18O5/c1-3-12-5-7-15(20(24)18(12)22)14-9-10-26-17(11-14)16-8-6-13(4-2)19(23)21(16)25/h3-11,17,22-25H,1-2H2. The van der Waals surface area contributed by atoms with Gasteiger partial charge in [0, 0.05) is 22.3 Å². The molecule has 1 heterocycles. The Hall–Kier alpha value is -3.60. The minimum absolute atomic E-state index is 0.259. The molecule has 132 valence electrons. The zero-order chi connectivity index (χ0) is 18.8. The molecule has 2 aromatic rings. The molecule has 0 saturated heterocycles. The van der Waals surface area contributed by atoms with Crippen LogP contribution in [0.25, 0.3) is 17.7 Å². The van der Waals surface area contributed by atoms with E-state index in [0.717, 1.165) is 0 Å². The van der Waals surface area contributed by atoms with Crippen LogP contribution in [-0.2, 0) is 4.74 Å². The van der Waals surface area contributed by atoms with Gasteiger partial charge in [0.05, 0.1) is 6.26 Å². The van der Waals surface area contributed by atoms with Crippen molar-refractivity contribution in [2.45, 2.75) is 6.10 Å². The minimum atomic E-state index is -0.680. The Kier molecular flexibility index (Phi) is 4.45. The smallest absolute Gasteiger partial charge is 0.166 e. The summed E-state index contributed by atoms with van der Waals surface area (Å²) in [6.45, 7) is 7.16. The lowest BCUT2D eigenvalue weighted by Crippen LogP contribution is -2.03. The van der Waals surface area contributed by atoms with Crippen LogP contribution in [0, 0.1) is 0 Å². The lowest BCUT2D eigenvalue weighted by Gasteiger charge is -2.21. The summed E-state index contributed by atoms with van der Waals surface area (Å²) >= 11 is 0. The van der Waals surface area contributed by atoms with Crippen LogP contribution in [0.4, 0.5) is 0 Å². The maximum atomic E-state index is 10.3. The first-order chi connectivity index (χ1) is 12.5. The van der Waals surface area contributed by atoms with Crippen LogP contribution in [0.2, 0.25) is 0 Å². The third kappa shape index (κ3) is 2.80. The van der Waals surface area contributed by atoms with Crippen molar-refractivity contribution in [1.29, 1.82) is 0 Å². The quantitative estimate of drug-likeness (QED) is 0.611. The number of allylic oxidation sites excluding steroid dienone is 2. The lowest BCUT2D eigenvalue weighted by atomic mass is 9.96. The maximum absolute atomic E-state index is 10.3. The largest absolute Gasteiger partial charge is 0.504 e. The van der Waals surface area contributed by atoms with Crippen LogP contribution >= 0.6 is 0 Å². The molecule has 0 fully saturated rings. The average molecular weight is 350 g/mol. The summed E-state index contributed by atoms with van der Waals surface area (Å²) in [7, 11) is 0. The fourth-order valence-corrected chi connectivity index (χ4v) is 2.80. The zero-order valence-electron chi connectivity index (χ0n) is 13.9. The van der Waals surface area contributed by atoms with Gasteiger partial charge in [-0.2, -0.15) is 0 Å². The van der Waals surface area contributed by atoms with Gasteiger partial charge in [0.1, 0.15) is 6.10 Å². The zero-order valence-corrected chi connectivity index (χ0v) is 13.9. The number of hydrogen-bond donors (Lipinski definition) is 4. The Bertz CT molecular complexity index is 953. The topological polar surface area (TPSA) is 90.2 Å². The predicted octanol–water partition coefficient (Wildman–Crippen LogP) is 4.46. The van der Waals surface area contributed by atoms with Gasteiger partial charge in [0.25, 0.3) is 0 Å². The van der Waals surface area contributed by atoms with Gasteiger partial charge in [0.2, 0.25) is 0 Å². The van der Waals surface area contributed by atoms with Crippen molar-refractivity contribution in [2.75, 3.05) is 0 Å². The van der Waals surface area contributed by atoms with E-state index >= 15 is 0 Å². The van der Waals surface area contributed by atoms with Crippen molar-refractivity contribution < 1.29 is 25.2 Å². The summed E-state index contributed by atoms with van der Waals surface area (Å²) in [6.07, 6.45) is 6.93. The van der Waals surface area contributed by atoms with Gasteiger partial charge in [-0.1, -0.05) is 43.5 Å². The second kappa shape index (κ2) is 6.72. The first-order valence-electron chi connectivity index (χ1n) is 7.86. The molecule has 1 aliphatic rings. The fourth-order valence-electron chi connectivity index (χ4n) is 2.80. The molecule has 1 unspecified atom stereocenters. The Morgan fingerprint density at radius 1 is 0.808 bits per heavy atom. The Balaban J connectivity index is 2.05. The number of benzene rings is 2. The van der Waals surface area contributed by atoms with Crippen molar-refractivity contribution in [1.82, 2.24) is 0 Å². The lowest BCUT2D eigenvalue weighted by molar-refractivity contribution is 0.183. The summed E-state index contributed by atoms with van der Waals surface area (Å²) in [4.78, 5) is 0. The van der Waals surface area contributed by atoms with Crippen LogP contribution in [-0.4, -0.2) is 20.4 Å². The summed E-state index contributed by atoms with van der Waals surface area (Å²) in [6, 6.07) is 6.54. The second-order valence-corrected chi connectivity index (χ2v) is 5.73. The van der Waals surface area contributed by atoms with Gasteiger partial charge < -0.3 is 25.2 Å². The van der Waals surface area contributed by atoms with E-state index in [2.05, 4.69) is 13.2 Å². The van der Waals surface area contributed by atoms with Gasteiger partial charge in [0.15, 0.2) is 23.0 Å². The number of ether oxygens (including phenoxy) is 1. The van der Waals surface area contributed by atoms with Crippen molar-refractivity contribution >= 4 is 17.7 Å². The molecule has 26 heavy (non-hydrogen) atoms. The molecule has 0 amide bonds. The number of phenols is 4. The van der Waals surface area contributed by atoms with E-state index < -0.39 is 6.10 Å². The van der Waals surface area contributed by atoms with Crippen LogP contribution in [0.15, 0.2) is 55.8 Å². The maximum Gasteiger partial charge on any atom is 0.166 e. The minimum Gasteiger partial charge on any atom is -0.504 e. The molecule has 4 N–H and O–H groups in total. The molecular formula is C21H18O5. The van der Waals surface area contributed by atoms with Gasteiger partial charge in [-0.05, 0) is 23.8 Å². The molecule has 0 aliphatic carbocycles. The fraction of sp³-hybridized carbons (Fsp3) is 0.0476. The average Bonchev–Trinajstić information content (AvgIpc) is 2.66. The van der Waals surface area contributed by atoms with E-state index in [1.165, 1.54) is 18.4 Å².